The molecule has 0 saturated heterocycles. The van der Waals surface area contributed by atoms with Gasteiger partial charge in [-0.1, -0.05) is 47.2 Å². The third-order valence-electron chi connectivity index (χ3n) is 5.29. The first kappa shape index (κ1) is 29.7. The summed E-state index contributed by atoms with van der Waals surface area (Å²) in [6, 6.07) is 16.2. The lowest BCUT2D eigenvalue weighted by atomic mass is 10.1. The normalized spacial score (nSPS) is 10.0. The van der Waals surface area contributed by atoms with Crippen LogP contribution in [0.1, 0.15) is 36.1 Å². The fraction of sp³-hybridized carbons (Fsp3) is 0.0667. The molecule has 0 aliphatic heterocycles. The second kappa shape index (κ2) is 13.4. The lowest BCUT2D eigenvalue weighted by Gasteiger charge is -2.04. The maximum atomic E-state index is 11.9. The standard InChI is InChI=1S/C30H18N4O6S2/c1-19(35)41-25-11-7-21(8-12-25)3-5-23-15-27(33(37)38)29(31-17-23)30-28(34(39)40)16-24(18-32-30)6-4-22-9-13-26(14-10-22)42-20(2)36/h7-18H,1-2H3. The van der Waals surface area contributed by atoms with Crippen molar-refractivity contribution in [1.82, 2.24) is 9.97 Å². The van der Waals surface area contributed by atoms with Gasteiger partial charge in [-0.25, -0.2) is 9.97 Å². The van der Waals surface area contributed by atoms with E-state index in [1.807, 2.05) is 0 Å². The van der Waals surface area contributed by atoms with Gasteiger partial charge in [-0.3, -0.25) is 29.8 Å². The molecule has 12 heteroatoms. The first-order valence-corrected chi connectivity index (χ1v) is 13.6. The van der Waals surface area contributed by atoms with Crippen molar-refractivity contribution in [3.8, 4) is 35.1 Å². The molecule has 0 bridgehead atoms. The molecule has 0 atom stereocenters. The van der Waals surface area contributed by atoms with E-state index in [9.17, 15) is 29.8 Å². The highest BCUT2D eigenvalue weighted by atomic mass is 32.2. The van der Waals surface area contributed by atoms with Gasteiger partial charge in [0.15, 0.2) is 21.6 Å². The lowest BCUT2D eigenvalue weighted by Crippen LogP contribution is -2.01. The van der Waals surface area contributed by atoms with Crippen LogP contribution in [0.4, 0.5) is 11.4 Å². The summed E-state index contributed by atoms with van der Waals surface area (Å²) in [6.07, 6.45) is 2.56. The Balaban J connectivity index is 1.63. The highest BCUT2D eigenvalue weighted by Crippen LogP contribution is 2.33. The molecule has 206 valence electrons. The number of hydrogen-bond acceptors (Lipinski definition) is 10. The summed E-state index contributed by atoms with van der Waals surface area (Å²) in [4.78, 5) is 54.6. The van der Waals surface area contributed by atoms with Gasteiger partial charge in [0.05, 0.1) is 21.0 Å². The van der Waals surface area contributed by atoms with Gasteiger partial charge in [0.2, 0.25) is 0 Å². The molecule has 4 rings (SSSR count). The number of aromatic nitrogens is 2. The largest absolute Gasteiger partial charge is 0.298 e. The third-order valence-corrected chi connectivity index (χ3v) is 6.88. The van der Waals surface area contributed by atoms with Crippen molar-refractivity contribution in [2.45, 2.75) is 23.6 Å². The maximum absolute atomic E-state index is 11.9. The molecule has 0 unspecified atom stereocenters. The van der Waals surface area contributed by atoms with E-state index in [4.69, 9.17) is 0 Å². The minimum absolute atomic E-state index is 0.0441. The number of hydrogen-bond donors (Lipinski definition) is 0. The summed E-state index contributed by atoms with van der Waals surface area (Å²) in [5.74, 6) is 11.4. The van der Waals surface area contributed by atoms with E-state index >= 15 is 0 Å². The topological polar surface area (TPSA) is 146 Å². The van der Waals surface area contributed by atoms with Crippen molar-refractivity contribution in [2.24, 2.45) is 0 Å². The van der Waals surface area contributed by atoms with Gasteiger partial charge in [0.1, 0.15) is 0 Å². The molecule has 0 aliphatic rings. The molecule has 10 nitrogen and oxygen atoms in total. The number of nitro groups is 2. The van der Waals surface area contributed by atoms with E-state index in [0.717, 1.165) is 33.3 Å². The van der Waals surface area contributed by atoms with Gasteiger partial charge in [0, 0.05) is 59.3 Å². The summed E-state index contributed by atoms with van der Waals surface area (Å²) < 4.78 is 0. The molecule has 42 heavy (non-hydrogen) atoms. The predicted octanol–water partition coefficient (Wildman–Crippen LogP) is 6.04. The number of rotatable bonds is 5. The van der Waals surface area contributed by atoms with E-state index in [-0.39, 0.29) is 32.7 Å². The molecule has 2 aromatic heterocycles. The van der Waals surface area contributed by atoms with E-state index in [1.54, 1.807) is 48.5 Å². The minimum Gasteiger partial charge on any atom is -0.287 e. The zero-order valence-corrected chi connectivity index (χ0v) is 23.6. The molecule has 2 heterocycles. The SMILES string of the molecule is CC(=O)Sc1ccc(C#Cc2cnc(-c3ncc(C#Cc4ccc(SC(C)=O)cc4)cc3[N+](=O)[O-])c([N+](=O)[O-])c2)cc1. The quantitative estimate of drug-likeness (QED) is 0.116. The van der Waals surface area contributed by atoms with E-state index in [1.165, 1.54) is 38.4 Å². The fourth-order valence-electron chi connectivity index (χ4n) is 3.52. The van der Waals surface area contributed by atoms with Gasteiger partial charge in [-0.15, -0.1) is 0 Å². The van der Waals surface area contributed by atoms with Crippen molar-refractivity contribution in [2.75, 3.05) is 0 Å². The minimum atomic E-state index is -0.700. The molecule has 2 aromatic carbocycles. The van der Waals surface area contributed by atoms with Crippen LogP contribution in [0.2, 0.25) is 0 Å². The Kier molecular flexibility index (Phi) is 9.45. The Labute approximate surface area is 248 Å². The predicted molar refractivity (Wildman–Crippen MR) is 159 cm³/mol. The average Bonchev–Trinajstić information content (AvgIpc) is 2.95. The van der Waals surface area contributed by atoms with Crippen LogP contribution in [0, 0.1) is 43.9 Å². The molecule has 0 spiro atoms. The van der Waals surface area contributed by atoms with Crippen LogP contribution in [-0.4, -0.2) is 30.0 Å². The van der Waals surface area contributed by atoms with Gasteiger partial charge in [-0.2, -0.15) is 0 Å². The maximum Gasteiger partial charge on any atom is 0.298 e. The average molecular weight is 595 g/mol. The zero-order valence-electron chi connectivity index (χ0n) is 22.0. The summed E-state index contributed by atoms with van der Waals surface area (Å²) in [6.45, 7) is 2.93. The molecular formula is C30H18N4O6S2. The molecular weight excluding hydrogens is 576 g/mol. The fourth-order valence-corrected chi connectivity index (χ4v) is 4.73. The van der Waals surface area contributed by atoms with Crippen LogP contribution in [0.25, 0.3) is 11.4 Å². The Hall–Kier alpha value is -5.30. The summed E-state index contributed by atoms with van der Waals surface area (Å²) >= 11 is 2.18. The number of thioether (sulfide) groups is 2. The Morgan fingerprint density at radius 1 is 0.619 bits per heavy atom. The summed E-state index contributed by atoms with van der Waals surface area (Å²) in [5.41, 5.74) is 0.155. The van der Waals surface area contributed by atoms with Crippen molar-refractivity contribution in [1.29, 1.82) is 0 Å². The van der Waals surface area contributed by atoms with Crippen molar-refractivity contribution >= 4 is 45.1 Å². The van der Waals surface area contributed by atoms with Crippen LogP contribution in [0.15, 0.2) is 82.8 Å². The highest BCUT2D eigenvalue weighted by Gasteiger charge is 2.27. The van der Waals surface area contributed by atoms with Gasteiger partial charge in [0.25, 0.3) is 11.4 Å². The van der Waals surface area contributed by atoms with Crippen LogP contribution in [-0.2, 0) is 9.59 Å². The number of nitrogens with zero attached hydrogens (tertiary/aromatic N) is 4. The molecule has 0 fully saturated rings. The summed E-state index contributed by atoms with van der Waals surface area (Å²) in [7, 11) is 0. The Bertz CT molecular complexity index is 1710. The van der Waals surface area contributed by atoms with Crippen molar-refractivity contribution in [3.63, 3.8) is 0 Å². The first-order chi connectivity index (χ1) is 20.1. The smallest absolute Gasteiger partial charge is 0.287 e. The van der Waals surface area contributed by atoms with Crippen LogP contribution in [0.5, 0.6) is 0 Å². The van der Waals surface area contributed by atoms with Crippen LogP contribution >= 0.6 is 23.5 Å². The Morgan fingerprint density at radius 3 is 1.26 bits per heavy atom. The highest BCUT2D eigenvalue weighted by molar-refractivity contribution is 8.13. The van der Waals surface area contributed by atoms with E-state index in [2.05, 4.69) is 33.6 Å². The zero-order chi connectivity index (χ0) is 30.2. The van der Waals surface area contributed by atoms with Crippen LogP contribution < -0.4 is 0 Å². The molecule has 0 saturated carbocycles. The molecule has 4 aromatic rings. The molecule has 0 amide bonds. The second-order valence-electron chi connectivity index (χ2n) is 8.43. The van der Waals surface area contributed by atoms with E-state index < -0.39 is 21.2 Å². The van der Waals surface area contributed by atoms with Gasteiger partial charge >= 0.3 is 0 Å². The monoisotopic (exact) mass is 594 g/mol. The lowest BCUT2D eigenvalue weighted by molar-refractivity contribution is -0.386. The number of benzene rings is 2. The van der Waals surface area contributed by atoms with Gasteiger partial charge < -0.3 is 0 Å². The van der Waals surface area contributed by atoms with Crippen molar-refractivity contribution in [3.05, 3.63) is 116 Å². The first-order valence-electron chi connectivity index (χ1n) is 12.0. The number of carbonyl (C=O) groups excluding carboxylic acids is 2. The molecule has 0 radical (unpaired) electrons. The van der Waals surface area contributed by atoms with Gasteiger partial charge in [-0.05, 0) is 48.5 Å². The number of pyridine rings is 2. The van der Waals surface area contributed by atoms with Crippen LogP contribution in [0.3, 0.4) is 0 Å². The van der Waals surface area contributed by atoms with Crippen molar-refractivity contribution < 1.29 is 19.4 Å². The Morgan fingerprint density at radius 2 is 0.952 bits per heavy atom. The molecule has 0 N–H and O–H groups in total. The number of carbonyl (C=O) groups is 2. The third kappa shape index (κ3) is 7.88. The second-order valence-corrected chi connectivity index (χ2v) is 10.9. The van der Waals surface area contributed by atoms with E-state index in [0.29, 0.717) is 11.1 Å². The summed E-state index contributed by atoms with van der Waals surface area (Å²) in [5, 5.41) is 23.7. The molecule has 0 aliphatic carbocycles.